The van der Waals surface area contributed by atoms with E-state index in [9.17, 15) is 4.79 Å². The predicted molar refractivity (Wildman–Crippen MR) is 66.4 cm³/mol. The van der Waals surface area contributed by atoms with Crippen molar-refractivity contribution >= 4 is 5.91 Å². The first-order chi connectivity index (χ1) is 8.27. The maximum atomic E-state index is 11.8. The van der Waals surface area contributed by atoms with Crippen LogP contribution in [0, 0.1) is 0 Å². The minimum absolute atomic E-state index is 0.0688. The summed E-state index contributed by atoms with van der Waals surface area (Å²) in [7, 11) is 0. The SMILES string of the molecule is C[C@@H](NC1CCCCNC1=O)c1ccncc1. The van der Waals surface area contributed by atoms with Crippen molar-refractivity contribution in [1.29, 1.82) is 0 Å². The Balaban J connectivity index is 1.97. The van der Waals surface area contributed by atoms with Crippen molar-refractivity contribution in [2.45, 2.75) is 38.3 Å². The van der Waals surface area contributed by atoms with Gasteiger partial charge < -0.3 is 5.32 Å². The van der Waals surface area contributed by atoms with E-state index in [0.717, 1.165) is 31.4 Å². The molecule has 1 unspecified atom stereocenters. The number of amides is 1. The molecule has 1 amide bonds. The van der Waals surface area contributed by atoms with Crippen LogP contribution in [0.4, 0.5) is 0 Å². The van der Waals surface area contributed by atoms with Gasteiger partial charge in [-0.15, -0.1) is 0 Å². The Labute approximate surface area is 102 Å². The molecule has 0 radical (unpaired) electrons. The summed E-state index contributed by atoms with van der Waals surface area (Å²) >= 11 is 0. The molecule has 2 N–H and O–H groups in total. The molecule has 2 rings (SSSR count). The van der Waals surface area contributed by atoms with Crippen LogP contribution >= 0.6 is 0 Å². The number of pyridine rings is 1. The van der Waals surface area contributed by atoms with Crippen LogP contribution in [0.15, 0.2) is 24.5 Å². The number of rotatable bonds is 3. The Morgan fingerprint density at radius 3 is 2.94 bits per heavy atom. The molecule has 1 aromatic rings. The van der Waals surface area contributed by atoms with Crippen molar-refractivity contribution in [3.63, 3.8) is 0 Å². The van der Waals surface area contributed by atoms with Crippen molar-refractivity contribution in [2.75, 3.05) is 6.54 Å². The molecule has 0 spiro atoms. The lowest BCUT2D eigenvalue weighted by molar-refractivity contribution is -0.123. The molecule has 1 aromatic heterocycles. The molecular weight excluding hydrogens is 214 g/mol. The molecule has 0 aromatic carbocycles. The van der Waals surface area contributed by atoms with E-state index in [1.165, 1.54) is 0 Å². The van der Waals surface area contributed by atoms with Gasteiger partial charge in [0.2, 0.25) is 5.91 Å². The molecule has 0 saturated carbocycles. The number of hydrogen-bond acceptors (Lipinski definition) is 3. The Bertz CT molecular complexity index is 366. The summed E-state index contributed by atoms with van der Waals surface area (Å²) in [5.74, 6) is 0.128. The Morgan fingerprint density at radius 1 is 1.41 bits per heavy atom. The van der Waals surface area contributed by atoms with Gasteiger partial charge in [0.25, 0.3) is 0 Å². The first-order valence-corrected chi connectivity index (χ1v) is 6.21. The number of nitrogens with one attached hydrogen (secondary N) is 2. The summed E-state index contributed by atoms with van der Waals surface area (Å²) in [5, 5.41) is 6.32. The van der Waals surface area contributed by atoms with Crippen LogP contribution < -0.4 is 10.6 Å². The van der Waals surface area contributed by atoms with Gasteiger partial charge in [-0.2, -0.15) is 0 Å². The summed E-state index contributed by atoms with van der Waals surface area (Å²) in [5.41, 5.74) is 1.16. The maximum Gasteiger partial charge on any atom is 0.237 e. The van der Waals surface area contributed by atoms with Crippen LogP contribution in [0.3, 0.4) is 0 Å². The largest absolute Gasteiger partial charge is 0.355 e. The molecule has 4 nitrogen and oxygen atoms in total. The lowest BCUT2D eigenvalue weighted by Gasteiger charge is -2.21. The third-order valence-corrected chi connectivity index (χ3v) is 3.19. The first kappa shape index (κ1) is 12.0. The molecule has 1 saturated heterocycles. The molecule has 1 aliphatic rings. The average Bonchev–Trinajstić information content (AvgIpc) is 2.56. The Morgan fingerprint density at radius 2 is 2.18 bits per heavy atom. The number of nitrogens with zero attached hydrogens (tertiary/aromatic N) is 1. The Hall–Kier alpha value is -1.42. The van der Waals surface area contributed by atoms with E-state index in [0.29, 0.717) is 0 Å². The molecule has 1 aliphatic heterocycles. The van der Waals surface area contributed by atoms with Gasteiger partial charge in [0.1, 0.15) is 0 Å². The molecular formula is C13H19N3O. The van der Waals surface area contributed by atoms with Crippen LogP contribution in [0.1, 0.15) is 37.8 Å². The van der Waals surface area contributed by atoms with Crippen LogP contribution in [-0.4, -0.2) is 23.5 Å². The fourth-order valence-electron chi connectivity index (χ4n) is 2.15. The fourth-order valence-corrected chi connectivity index (χ4v) is 2.15. The van der Waals surface area contributed by atoms with Crippen LogP contribution in [0.5, 0.6) is 0 Å². The highest BCUT2D eigenvalue weighted by Gasteiger charge is 2.22. The molecule has 92 valence electrons. The van der Waals surface area contributed by atoms with Gasteiger partial charge in [-0.05, 0) is 43.9 Å². The number of hydrogen-bond donors (Lipinski definition) is 2. The summed E-state index contributed by atoms with van der Waals surface area (Å²) in [6.45, 7) is 2.88. The van der Waals surface area contributed by atoms with Gasteiger partial charge in [-0.3, -0.25) is 15.1 Å². The zero-order valence-corrected chi connectivity index (χ0v) is 10.1. The standard InChI is InChI=1S/C13H19N3O/c1-10(11-5-8-14-9-6-11)16-12-4-2-3-7-15-13(12)17/h5-6,8-10,12,16H,2-4,7H2,1H3,(H,15,17)/t10-,12?/m1/s1. The Kier molecular flexibility index (Phi) is 4.09. The quantitative estimate of drug-likeness (QED) is 0.829. The summed E-state index contributed by atoms with van der Waals surface area (Å²) in [4.78, 5) is 15.8. The van der Waals surface area contributed by atoms with Crippen molar-refractivity contribution in [1.82, 2.24) is 15.6 Å². The fraction of sp³-hybridized carbons (Fsp3) is 0.538. The van der Waals surface area contributed by atoms with E-state index in [1.807, 2.05) is 12.1 Å². The second-order valence-electron chi connectivity index (χ2n) is 4.51. The summed E-state index contributed by atoms with van der Waals surface area (Å²) < 4.78 is 0. The average molecular weight is 233 g/mol. The van der Waals surface area contributed by atoms with E-state index in [2.05, 4.69) is 22.5 Å². The monoisotopic (exact) mass is 233 g/mol. The van der Waals surface area contributed by atoms with E-state index in [1.54, 1.807) is 12.4 Å². The minimum Gasteiger partial charge on any atom is -0.355 e. The lowest BCUT2D eigenvalue weighted by Crippen LogP contribution is -2.43. The summed E-state index contributed by atoms with van der Waals surface area (Å²) in [6.07, 6.45) is 6.65. The van der Waals surface area contributed by atoms with Gasteiger partial charge in [0.15, 0.2) is 0 Å². The number of carbonyl (C=O) groups excluding carboxylic acids is 1. The van der Waals surface area contributed by atoms with E-state index >= 15 is 0 Å². The molecule has 4 heteroatoms. The zero-order valence-electron chi connectivity index (χ0n) is 10.1. The minimum atomic E-state index is -0.0688. The van der Waals surface area contributed by atoms with E-state index in [-0.39, 0.29) is 18.0 Å². The second kappa shape index (κ2) is 5.77. The van der Waals surface area contributed by atoms with Crippen molar-refractivity contribution < 1.29 is 4.79 Å². The topological polar surface area (TPSA) is 54.0 Å². The van der Waals surface area contributed by atoms with Crippen molar-refractivity contribution in [2.24, 2.45) is 0 Å². The highest BCUT2D eigenvalue weighted by molar-refractivity contribution is 5.81. The van der Waals surface area contributed by atoms with Gasteiger partial charge in [-0.1, -0.05) is 0 Å². The van der Waals surface area contributed by atoms with Crippen molar-refractivity contribution in [3.05, 3.63) is 30.1 Å². The highest BCUT2D eigenvalue weighted by atomic mass is 16.2. The molecule has 0 aliphatic carbocycles. The predicted octanol–water partition coefficient (Wildman–Crippen LogP) is 1.40. The van der Waals surface area contributed by atoms with Gasteiger partial charge in [-0.25, -0.2) is 0 Å². The third-order valence-electron chi connectivity index (χ3n) is 3.19. The van der Waals surface area contributed by atoms with Crippen LogP contribution in [0.2, 0.25) is 0 Å². The van der Waals surface area contributed by atoms with Crippen LogP contribution in [-0.2, 0) is 4.79 Å². The molecule has 2 atom stereocenters. The first-order valence-electron chi connectivity index (χ1n) is 6.21. The van der Waals surface area contributed by atoms with Crippen LogP contribution in [0.25, 0.3) is 0 Å². The molecule has 17 heavy (non-hydrogen) atoms. The summed E-state index contributed by atoms with van der Waals surface area (Å²) in [6, 6.07) is 4.06. The van der Waals surface area contributed by atoms with Gasteiger partial charge in [0, 0.05) is 25.0 Å². The normalized spacial score (nSPS) is 22.6. The van der Waals surface area contributed by atoms with E-state index in [4.69, 9.17) is 0 Å². The molecule has 2 heterocycles. The number of aromatic nitrogens is 1. The van der Waals surface area contributed by atoms with Gasteiger partial charge in [0.05, 0.1) is 6.04 Å². The zero-order chi connectivity index (χ0) is 12.1. The maximum absolute atomic E-state index is 11.8. The smallest absolute Gasteiger partial charge is 0.237 e. The second-order valence-corrected chi connectivity index (χ2v) is 4.51. The third kappa shape index (κ3) is 3.27. The molecule has 1 fully saturated rings. The van der Waals surface area contributed by atoms with Crippen molar-refractivity contribution in [3.8, 4) is 0 Å². The molecule has 0 bridgehead atoms. The van der Waals surface area contributed by atoms with E-state index < -0.39 is 0 Å². The highest BCUT2D eigenvalue weighted by Crippen LogP contribution is 2.14. The van der Waals surface area contributed by atoms with Gasteiger partial charge >= 0.3 is 0 Å². The lowest BCUT2D eigenvalue weighted by atomic mass is 10.1. The number of carbonyl (C=O) groups is 1.